The Labute approximate surface area is 254 Å². The van der Waals surface area contributed by atoms with Crippen LogP contribution in [-0.4, -0.2) is 10.2 Å². The van der Waals surface area contributed by atoms with Gasteiger partial charge >= 0.3 is 0 Å². The van der Waals surface area contributed by atoms with Crippen molar-refractivity contribution < 1.29 is 4.42 Å². The quantitative estimate of drug-likeness (QED) is 0.175. The highest BCUT2D eigenvalue weighted by molar-refractivity contribution is 5.76. The summed E-state index contributed by atoms with van der Waals surface area (Å²) in [4.78, 5) is 2.29. The fourth-order valence-electron chi connectivity index (χ4n) is 5.29. The van der Waals surface area contributed by atoms with E-state index in [0.29, 0.717) is 11.8 Å². The summed E-state index contributed by atoms with van der Waals surface area (Å²) in [6.07, 6.45) is 3.12. The smallest absolute Gasteiger partial charge is 0.248 e. The van der Waals surface area contributed by atoms with E-state index < -0.39 is 0 Å². The van der Waals surface area contributed by atoms with Crippen LogP contribution in [0.15, 0.2) is 138 Å². The Hall–Kier alpha value is -4.96. The molecule has 1 heterocycles. The van der Waals surface area contributed by atoms with Crippen molar-refractivity contribution in [1.29, 1.82) is 0 Å². The van der Waals surface area contributed by atoms with E-state index >= 15 is 0 Å². The van der Waals surface area contributed by atoms with Gasteiger partial charge in [0.25, 0.3) is 0 Å². The van der Waals surface area contributed by atoms with Crippen molar-refractivity contribution in [3.05, 3.63) is 150 Å². The van der Waals surface area contributed by atoms with Crippen LogP contribution < -0.4 is 4.90 Å². The molecule has 4 nitrogen and oxygen atoms in total. The van der Waals surface area contributed by atoms with Gasteiger partial charge < -0.3 is 9.32 Å². The van der Waals surface area contributed by atoms with Crippen molar-refractivity contribution in [3.63, 3.8) is 0 Å². The zero-order chi connectivity index (χ0) is 29.6. The van der Waals surface area contributed by atoms with Crippen LogP contribution in [0.4, 0.5) is 17.1 Å². The highest BCUT2D eigenvalue weighted by atomic mass is 16.4. The zero-order valence-corrected chi connectivity index (χ0v) is 25.1. The Bertz CT molecular complexity index is 1690. The fourth-order valence-corrected chi connectivity index (χ4v) is 5.29. The predicted octanol–water partition coefficient (Wildman–Crippen LogP) is 10.3. The molecule has 0 aliphatic heterocycles. The molecule has 0 saturated carbocycles. The van der Waals surface area contributed by atoms with Crippen LogP contribution in [0.2, 0.25) is 0 Å². The number of anilines is 3. The Morgan fingerprint density at radius 3 is 1.40 bits per heavy atom. The molecule has 0 aliphatic rings. The Morgan fingerprint density at radius 1 is 0.512 bits per heavy atom. The molecule has 0 saturated heterocycles. The number of hydrogen-bond acceptors (Lipinski definition) is 4. The number of benzene rings is 5. The monoisotopic (exact) mass is 563 g/mol. The number of rotatable bonds is 9. The third-order valence-electron chi connectivity index (χ3n) is 7.78. The Kier molecular flexibility index (Phi) is 8.19. The second-order valence-electron chi connectivity index (χ2n) is 12.0. The number of para-hydroxylation sites is 2. The maximum Gasteiger partial charge on any atom is 0.248 e. The molecule has 214 valence electrons. The summed E-state index contributed by atoms with van der Waals surface area (Å²) >= 11 is 0. The molecule has 0 aliphatic carbocycles. The largest absolute Gasteiger partial charge is 0.416 e. The van der Waals surface area contributed by atoms with Gasteiger partial charge in [-0.15, -0.1) is 10.2 Å². The topological polar surface area (TPSA) is 42.2 Å². The van der Waals surface area contributed by atoms with Gasteiger partial charge in [0, 0.05) is 28.2 Å². The average molecular weight is 564 g/mol. The normalized spacial score (nSPS) is 11.4. The van der Waals surface area contributed by atoms with Crippen LogP contribution in [0.25, 0.3) is 22.9 Å². The van der Waals surface area contributed by atoms with E-state index in [1.807, 2.05) is 0 Å². The lowest BCUT2D eigenvalue weighted by molar-refractivity contribution is 0.582. The third-order valence-corrected chi connectivity index (χ3v) is 7.78. The summed E-state index contributed by atoms with van der Waals surface area (Å²) in [5.41, 5.74) is 9.36. The lowest BCUT2D eigenvalue weighted by Crippen LogP contribution is -2.10. The van der Waals surface area contributed by atoms with Crippen molar-refractivity contribution >= 4 is 17.1 Å². The van der Waals surface area contributed by atoms with Crippen LogP contribution in [-0.2, 0) is 18.3 Å². The molecule has 0 amide bonds. The summed E-state index contributed by atoms with van der Waals surface area (Å²) in [5.74, 6) is 1.09. The van der Waals surface area contributed by atoms with E-state index in [1.54, 1.807) is 0 Å². The van der Waals surface area contributed by atoms with Crippen LogP contribution in [0.3, 0.4) is 0 Å². The number of nitrogens with zero attached hydrogens (tertiary/aromatic N) is 3. The van der Waals surface area contributed by atoms with Crippen molar-refractivity contribution in [3.8, 4) is 22.9 Å². The first-order valence-electron chi connectivity index (χ1n) is 15.0. The number of aromatic nitrogens is 2. The Morgan fingerprint density at radius 2 is 0.930 bits per heavy atom. The Balaban J connectivity index is 1.06. The summed E-state index contributed by atoms with van der Waals surface area (Å²) in [6.45, 7) is 6.63. The molecule has 6 rings (SSSR count). The van der Waals surface area contributed by atoms with Crippen LogP contribution in [0.5, 0.6) is 0 Å². The number of aryl methyl sites for hydroxylation is 2. The van der Waals surface area contributed by atoms with E-state index in [4.69, 9.17) is 4.42 Å². The summed E-state index contributed by atoms with van der Waals surface area (Å²) in [5, 5.41) is 8.60. The maximum absolute atomic E-state index is 6.02. The minimum atomic E-state index is 0.109. The molecule has 43 heavy (non-hydrogen) atoms. The van der Waals surface area contributed by atoms with Gasteiger partial charge in [-0.25, -0.2) is 0 Å². The molecule has 4 heteroatoms. The van der Waals surface area contributed by atoms with E-state index in [9.17, 15) is 0 Å². The van der Waals surface area contributed by atoms with Crippen molar-refractivity contribution in [2.45, 2.75) is 45.4 Å². The highest BCUT2D eigenvalue weighted by Gasteiger charge is 2.16. The average Bonchev–Trinajstić information content (AvgIpc) is 3.54. The van der Waals surface area contributed by atoms with Crippen molar-refractivity contribution in [2.75, 3.05) is 4.90 Å². The van der Waals surface area contributed by atoms with Gasteiger partial charge in [-0.05, 0) is 102 Å². The molecule has 0 N–H and O–H groups in total. The van der Waals surface area contributed by atoms with E-state index in [-0.39, 0.29) is 5.41 Å². The fraction of sp³-hybridized carbons (Fsp3) is 0.179. The predicted molar refractivity (Wildman–Crippen MR) is 177 cm³/mol. The van der Waals surface area contributed by atoms with Gasteiger partial charge in [-0.3, -0.25) is 0 Å². The molecular formula is C39H37N3O. The van der Waals surface area contributed by atoms with E-state index in [1.165, 1.54) is 16.7 Å². The van der Waals surface area contributed by atoms with Crippen LogP contribution in [0, 0.1) is 0 Å². The zero-order valence-electron chi connectivity index (χ0n) is 25.1. The van der Waals surface area contributed by atoms with Crippen LogP contribution >= 0.6 is 0 Å². The van der Waals surface area contributed by atoms with Gasteiger partial charge in [0.2, 0.25) is 11.8 Å². The molecule has 0 atom stereocenters. The summed E-state index contributed by atoms with van der Waals surface area (Å²) in [7, 11) is 0. The first-order chi connectivity index (χ1) is 20.9. The molecule has 0 spiro atoms. The molecular weight excluding hydrogens is 526 g/mol. The first-order valence-corrected chi connectivity index (χ1v) is 15.0. The summed E-state index contributed by atoms with van der Waals surface area (Å²) in [6, 6.07) is 46.8. The van der Waals surface area contributed by atoms with Gasteiger partial charge in [0.1, 0.15) is 0 Å². The van der Waals surface area contributed by atoms with Gasteiger partial charge in [-0.2, -0.15) is 0 Å². The minimum Gasteiger partial charge on any atom is -0.416 e. The van der Waals surface area contributed by atoms with Crippen molar-refractivity contribution in [1.82, 2.24) is 10.2 Å². The van der Waals surface area contributed by atoms with Gasteiger partial charge in [0.05, 0.1) is 0 Å². The van der Waals surface area contributed by atoms with Gasteiger partial charge in [-0.1, -0.05) is 93.6 Å². The van der Waals surface area contributed by atoms with E-state index in [0.717, 1.165) is 47.5 Å². The molecule has 0 unspecified atom stereocenters. The third kappa shape index (κ3) is 6.76. The first kappa shape index (κ1) is 28.2. The number of hydrogen-bond donors (Lipinski definition) is 0. The van der Waals surface area contributed by atoms with E-state index in [2.05, 4.69) is 169 Å². The van der Waals surface area contributed by atoms with Crippen molar-refractivity contribution in [2.24, 2.45) is 0 Å². The maximum atomic E-state index is 6.02. The van der Waals surface area contributed by atoms with Crippen LogP contribution in [0.1, 0.15) is 43.9 Å². The standard InChI is InChI=1S/C39H37N3O/c1-39(2,3)33-25-23-32(24-26-33)38-41-40-37(43-38)31-21-17-29(18-22-31)11-10-12-30-19-27-36(28-20-30)42(34-13-6-4-7-14-34)35-15-8-5-9-16-35/h4-9,13-28H,10-12H2,1-3H3. The summed E-state index contributed by atoms with van der Waals surface area (Å²) < 4.78 is 6.02. The molecule has 0 fully saturated rings. The molecule has 0 bridgehead atoms. The molecule has 1 aromatic heterocycles. The highest BCUT2D eigenvalue weighted by Crippen LogP contribution is 2.34. The minimum absolute atomic E-state index is 0.109. The lowest BCUT2D eigenvalue weighted by Gasteiger charge is -2.25. The molecule has 5 aromatic carbocycles. The van der Waals surface area contributed by atoms with Gasteiger partial charge in [0.15, 0.2) is 0 Å². The second-order valence-corrected chi connectivity index (χ2v) is 12.0. The second kappa shape index (κ2) is 12.5. The lowest BCUT2D eigenvalue weighted by atomic mass is 9.87. The molecule has 0 radical (unpaired) electrons. The molecule has 6 aromatic rings. The SMILES string of the molecule is CC(C)(C)c1ccc(-c2nnc(-c3ccc(CCCc4ccc(N(c5ccccc5)c5ccccc5)cc4)cc3)o2)cc1.